The van der Waals surface area contributed by atoms with Gasteiger partial charge in [0, 0.05) is 17.8 Å². The first-order valence-electron chi connectivity index (χ1n) is 9.57. The van der Waals surface area contributed by atoms with E-state index < -0.39 is 10.0 Å². The molecule has 0 saturated carbocycles. The smallest absolute Gasteiger partial charge is 0.261 e. The van der Waals surface area contributed by atoms with E-state index in [4.69, 9.17) is 4.74 Å². The van der Waals surface area contributed by atoms with Crippen LogP contribution in [0.15, 0.2) is 83.8 Å². The van der Waals surface area contributed by atoms with Gasteiger partial charge in [-0.05, 0) is 54.8 Å². The van der Waals surface area contributed by atoms with Crippen LogP contribution in [0.5, 0.6) is 5.75 Å². The summed E-state index contributed by atoms with van der Waals surface area (Å²) in [6.07, 6.45) is 1.54. The van der Waals surface area contributed by atoms with Crippen molar-refractivity contribution in [3.63, 3.8) is 0 Å². The summed E-state index contributed by atoms with van der Waals surface area (Å²) in [5.74, 6) is 0.581. The fourth-order valence-electron chi connectivity index (χ4n) is 3.03. The number of carbonyl (C=O) groups excluding carboxylic acids is 1. The Morgan fingerprint density at radius 1 is 0.933 bits per heavy atom. The van der Waals surface area contributed by atoms with Crippen molar-refractivity contribution in [2.45, 2.75) is 17.7 Å². The summed E-state index contributed by atoms with van der Waals surface area (Å²) < 4.78 is 32.8. The summed E-state index contributed by atoms with van der Waals surface area (Å²) in [5.41, 5.74) is 1.81. The number of hydrogen-bond donors (Lipinski definition) is 2. The molecule has 0 bridgehead atoms. The van der Waals surface area contributed by atoms with Crippen LogP contribution in [0, 0.1) is 0 Å². The fraction of sp³-hybridized carbons (Fsp3) is 0.174. The third-order valence-corrected chi connectivity index (χ3v) is 5.93. The Hall–Kier alpha value is -3.32. The van der Waals surface area contributed by atoms with Gasteiger partial charge in [0.05, 0.1) is 12.0 Å². The second-order valence-corrected chi connectivity index (χ2v) is 8.35. The van der Waals surface area contributed by atoms with Crippen LogP contribution in [-0.4, -0.2) is 28.0 Å². The number of hydrogen-bond acceptors (Lipinski definition) is 4. The highest BCUT2D eigenvalue weighted by Crippen LogP contribution is 2.19. The van der Waals surface area contributed by atoms with E-state index in [1.807, 2.05) is 24.3 Å². The molecule has 0 fully saturated rings. The van der Waals surface area contributed by atoms with Crippen molar-refractivity contribution >= 4 is 21.6 Å². The van der Waals surface area contributed by atoms with Crippen molar-refractivity contribution < 1.29 is 17.9 Å². The van der Waals surface area contributed by atoms with Crippen LogP contribution in [0.3, 0.4) is 0 Å². The molecule has 156 valence electrons. The molecule has 0 aromatic heterocycles. The summed E-state index contributed by atoms with van der Waals surface area (Å²) in [5, 5.41) is 2.87. The van der Waals surface area contributed by atoms with Gasteiger partial charge < -0.3 is 10.1 Å². The molecule has 0 aliphatic heterocycles. The second kappa shape index (κ2) is 9.93. The van der Waals surface area contributed by atoms with E-state index in [1.165, 1.54) is 18.2 Å². The predicted molar refractivity (Wildman–Crippen MR) is 117 cm³/mol. The summed E-state index contributed by atoms with van der Waals surface area (Å²) in [6.45, 7) is 0.497. The maximum atomic E-state index is 12.5. The van der Waals surface area contributed by atoms with E-state index in [0.717, 1.165) is 24.2 Å². The Morgan fingerprint density at radius 2 is 1.67 bits per heavy atom. The first-order chi connectivity index (χ1) is 14.5. The molecule has 3 aromatic rings. The lowest BCUT2D eigenvalue weighted by Gasteiger charge is -2.11. The van der Waals surface area contributed by atoms with Gasteiger partial charge in [-0.3, -0.25) is 9.52 Å². The molecular formula is C23H24N2O4S. The van der Waals surface area contributed by atoms with Gasteiger partial charge >= 0.3 is 0 Å². The second-order valence-electron chi connectivity index (χ2n) is 6.67. The third-order valence-electron chi connectivity index (χ3n) is 4.53. The van der Waals surface area contributed by atoms with Crippen LogP contribution < -0.4 is 14.8 Å². The highest BCUT2D eigenvalue weighted by molar-refractivity contribution is 7.92. The fourth-order valence-corrected chi connectivity index (χ4v) is 4.10. The molecule has 0 heterocycles. The van der Waals surface area contributed by atoms with E-state index in [0.29, 0.717) is 17.8 Å². The zero-order valence-electron chi connectivity index (χ0n) is 16.7. The molecule has 2 N–H and O–H groups in total. The minimum absolute atomic E-state index is 0.163. The maximum absolute atomic E-state index is 12.5. The van der Waals surface area contributed by atoms with E-state index in [9.17, 15) is 13.2 Å². The molecule has 0 radical (unpaired) electrons. The number of para-hydroxylation sites is 1. The number of nitrogens with one attached hydrogen (secondary N) is 2. The van der Waals surface area contributed by atoms with Gasteiger partial charge in [0.1, 0.15) is 5.75 Å². The zero-order valence-corrected chi connectivity index (χ0v) is 17.5. The van der Waals surface area contributed by atoms with E-state index >= 15 is 0 Å². The molecule has 0 aliphatic carbocycles. The molecule has 0 saturated heterocycles. The Balaban J connectivity index is 1.57. The van der Waals surface area contributed by atoms with Gasteiger partial charge in [-0.2, -0.15) is 0 Å². The summed E-state index contributed by atoms with van der Waals surface area (Å²) in [6, 6.07) is 22.3. The SMILES string of the molecule is COc1ccccc1CCCNC(=O)c1cccc(NS(=O)(=O)c2ccccc2)c1. The lowest BCUT2D eigenvalue weighted by Crippen LogP contribution is -2.25. The van der Waals surface area contributed by atoms with Crippen molar-refractivity contribution in [1.82, 2.24) is 5.32 Å². The number of ether oxygens (including phenoxy) is 1. The minimum atomic E-state index is -3.71. The third kappa shape index (κ3) is 5.61. The van der Waals surface area contributed by atoms with E-state index in [2.05, 4.69) is 10.0 Å². The monoisotopic (exact) mass is 424 g/mol. The molecule has 0 spiro atoms. The minimum Gasteiger partial charge on any atom is -0.496 e. The highest BCUT2D eigenvalue weighted by atomic mass is 32.2. The number of benzene rings is 3. The average molecular weight is 425 g/mol. The number of aryl methyl sites for hydroxylation is 1. The Bertz CT molecular complexity index is 1100. The Morgan fingerprint density at radius 3 is 2.43 bits per heavy atom. The maximum Gasteiger partial charge on any atom is 0.261 e. The Kier molecular flexibility index (Phi) is 7.08. The first-order valence-corrected chi connectivity index (χ1v) is 11.1. The van der Waals surface area contributed by atoms with Crippen molar-refractivity contribution in [2.75, 3.05) is 18.4 Å². The lowest BCUT2D eigenvalue weighted by atomic mass is 10.1. The largest absolute Gasteiger partial charge is 0.496 e. The molecule has 6 nitrogen and oxygen atoms in total. The van der Waals surface area contributed by atoms with Crippen LogP contribution in [0.1, 0.15) is 22.3 Å². The zero-order chi connectivity index (χ0) is 21.4. The number of methoxy groups -OCH3 is 1. The molecule has 0 unspecified atom stereocenters. The van der Waals surface area contributed by atoms with E-state index in [-0.39, 0.29) is 10.8 Å². The quantitative estimate of drug-likeness (QED) is 0.511. The number of rotatable bonds is 9. The van der Waals surface area contributed by atoms with Crippen LogP contribution in [0.4, 0.5) is 5.69 Å². The van der Waals surface area contributed by atoms with Gasteiger partial charge in [0.25, 0.3) is 15.9 Å². The Labute approximate surface area is 177 Å². The molecule has 1 amide bonds. The highest BCUT2D eigenvalue weighted by Gasteiger charge is 2.14. The number of sulfonamides is 1. The predicted octanol–water partition coefficient (Wildman–Crippen LogP) is 3.86. The van der Waals surface area contributed by atoms with E-state index in [1.54, 1.807) is 43.5 Å². The molecule has 30 heavy (non-hydrogen) atoms. The van der Waals surface area contributed by atoms with Crippen molar-refractivity contribution in [3.8, 4) is 5.75 Å². The normalized spacial score (nSPS) is 11.0. The van der Waals surface area contributed by atoms with Gasteiger partial charge in [0.15, 0.2) is 0 Å². The average Bonchev–Trinajstić information content (AvgIpc) is 2.77. The van der Waals surface area contributed by atoms with Gasteiger partial charge in [0.2, 0.25) is 0 Å². The molecule has 0 atom stereocenters. The van der Waals surface area contributed by atoms with Crippen molar-refractivity contribution in [3.05, 3.63) is 90.0 Å². The summed E-state index contributed by atoms with van der Waals surface area (Å²) in [7, 11) is -2.07. The number of carbonyl (C=O) groups is 1. The first kappa shape index (κ1) is 21.4. The van der Waals surface area contributed by atoms with Crippen LogP contribution >= 0.6 is 0 Å². The molecule has 7 heteroatoms. The van der Waals surface area contributed by atoms with Gasteiger partial charge in [-0.25, -0.2) is 8.42 Å². The van der Waals surface area contributed by atoms with Crippen LogP contribution in [-0.2, 0) is 16.4 Å². The summed E-state index contributed by atoms with van der Waals surface area (Å²) >= 11 is 0. The molecule has 0 aliphatic rings. The van der Waals surface area contributed by atoms with Crippen molar-refractivity contribution in [1.29, 1.82) is 0 Å². The van der Waals surface area contributed by atoms with Gasteiger partial charge in [-0.1, -0.05) is 42.5 Å². The lowest BCUT2D eigenvalue weighted by molar-refractivity contribution is 0.0953. The molecular weight excluding hydrogens is 400 g/mol. The van der Waals surface area contributed by atoms with Crippen molar-refractivity contribution in [2.24, 2.45) is 0 Å². The van der Waals surface area contributed by atoms with Gasteiger partial charge in [-0.15, -0.1) is 0 Å². The topological polar surface area (TPSA) is 84.5 Å². The summed E-state index contributed by atoms with van der Waals surface area (Å²) in [4.78, 5) is 12.6. The molecule has 3 rings (SSSR count). The molecule has 3 aromatic carbocycles. The number of amides is 1. The van der Waals surface area contributed by atoms with Crippen LogP contribution in [0.25, 0.3) is 0 Å². The standard InChI is InChI=1S/C23H24N2O4S/c1-29-22-15-6-5-9-18(22)11-8-16-24-23(26)19-10-7-12-20(17-19)25-30(27,28)21-13-3-2-4-14-21/h2-7,9-10,12-15,17,25H,8,11,16H2,1H3,(H,24,26). The van der Waals surface area contributed by atoms with Crippen LogP contribution in [0.2, 0.25) is 0 Å². The number of anilines is 1.